The zero-order chi connectivity index (χ0) is 29.6. The molecule has 2 aliphatic heterocycles. The Morgan fingerprint density at radius 3 is 2.55 bits per heavy atom. The zero-order valence-corrected chi connectivity index (χ0v) is 24.9. The van der Waals surface area contributed by atoms with Gasteiger partial charge in [0.25, 0.3) is 5.91 Å². The lowest BCUT2D eigenvalue weighted by Gasteiger charge is -2.36. The van der Waals surface area contributed by atoms with Crippen LogP contribution in [-0.4, -0.2) is 67.4 Å². The van der Waals surface area contributed by atoms with Gasteiger partial charge in [-0.25, -0.2) is 18.4 Å². The van der Waals surface area contributed by atoms with Crippen molar-refractivity contribution in [1.29, 1.82) is 0 Å². The van der Waals surface area contributed by atoms with Crippen molar-refractivity contribution < 1.29 is 17.9 Å². The molecule has 0 radical (unpaired) electrons. The highest BCUT2D eigenvalue weighted by Gasteiger charge is 2.27. The molecule has 1 aromatic carbocycles. The zero-order valence-electron chi connectivity index (χ0n) is 24.1. The number of morpholine rings is 1. The SMILES string of the molecule is C[C@@H]1CN(c2cccc(-c3ccc4cnc([C@@H](C)NC(=O)c5ccc6c(c5)N(S(C)(=O)=O)CC6)cc4n3)n2)C[C@H](C)O1. The van der Waals surface area contributed by atoms with E-state index in [1.807, 2.05) is 49.4 Å². The fraction of sp³-hybridized carbons (Fsp3) is 0.355. The molecule has 218 valence electrons. The minimum atomic E-state index is -3.41. The normalized spacial score (nSPS) is 19.5. The van der Waals surface area contributed by atoms with Gasteiger partial charge in [-0.1, -0.05) is 12.1 Å². The van der Waals surface area contributed by atoms with Gasteiger partial charge in [0, 0.05) is 36.8 Å². The molecule has 5 heterocycles. The molecule has 2 aliphatic rings. The number of pyridine rings is 3. The number of amides is 1. The summed E-state index contributed by atoms with van der Waals surface area (Å²) in [5.74, 6) is 0.594. The molecule has 11 heteroatoms. The summed E-state index contributed by atoms with van der Waals surface area (Å²) in [5.41, 5.74) is 4.82. The summed E-state index contributed by atoms with van der Waals surface area (Å²) >= 11 is 0. The summed E-state index contributed by atoms with van der Waals surface area (Å²) in [4.78, 5) is 29.8. The second kappa shape index (κ2) is 11.0. The molecule has 3 atom stereocenters. The van der Waals surface area contributed by atoms with Crippen LogP contribution in [0.1, 0.15) is 48.4 Å². The van der Waals surface area contributed by atoms with Crippen LogP contribution in [0.4, 0.5) is 11.5 Å². The molecular weight excluding hydrogens is 552 g/mol. The largest absolute Gasteiger partial charge is 0.372 e. The third-order valence-corrected chi connectivity index (χ3v) is 8.91. The molecule has 1 amide bonds. The summed E-state index contributed by atoms with van der Waals surface area (Å²) in [6.45, 7) is 7.96. The maximum atomic E-state index is 13.1. The molecule has 3 aromatic heterocycles. The van der Waals surface area contributed by atoms with E-state index in [-0.39, 0.29) is 18.1 Å². The Bertz CT molecular complexity index is 1770. The Labute approximate surface area is 245 Å². The van der Waals surface area contributed by atoms with E-state index in [4.69, 9.17) is 14.7 Å². The fourth-order valence-electron chi connectivity index (χ4n) is 5.71. The Hall–Kier alpha value is -4.09. The van der Waals surface area contributed by atoms with Crippen LogP contribution in [0, 0.1) is 0 Å². The average molecular weight is 587 g/mol. The molecule has 4 aromatic rings. The van der Waals surface area contributed by atoms with Crippen molar-refractivity contribution >= 4 is 38.3 Å². The Kier molecular flexibility index (Phi) is 7.32. The number of anilines is 2. The number of nitrogens with one attached hydrogen (secondary N) is 1. The Balaban J connectivity index is 1.22. The van der Waals surface area contributed by atoms with Crippen molar-refractivity contribution in [2.45, 2.75) is 45.4 Å². The minimum absolute atomic E-state index is 0.135. The lowest BCUT2D eigenvalue weighted by atomic mass is 10.1. The van der Waals surface area contributed by atoms with Gasteiger partial charge in [0.15, 0.2) is 0 Å². The average Bonchev–Trinajstić information content (AvgIpc) is 3.40. The van der Waals surface area contributed by atoms with Crippen molar-refractivity contribution in [2.24, 2.45) is 0 Å². The quantitative estimate of drug-likeness (QED) is 0.359. The lowest BCUT2D eigenvalue weighted by Crippen LogP contribution is -2.45. The highest BCUT2D eigenvalue weighted by atomic mass is 32.2. The molecule has 0 unspecified atom stereocenters. The number of hydrogen-bond acceptors (Lipinski definition) is 8. The molecule has 10 nitrogen and oxygen atoms in total. The molecule has 42 heavy (non-hydrogen) atoms. The highest BCUT2D eigenvalue weighted by Crippen LogP contribution is 2.31. The number of rotatable bonds is 6. The summed E-state index contributed by atoms with van der Waals surface area (Å²) < 4.78 is 31.6. The summed E-state index contributed by atoms with van der Waals surface area (Å²) in [5, 5.41) is 3.88. The van der Waals surface area contributed by atoms with E-state index >= 15 is 0 Å². The third kappa shape index (κ3) is 5.66. The summed E-state index contributed by atoms with van der Waals surface area (Å²) in [6.07, 6.45) is 3.83. The van der Waals surface area contributed by atoms with E-state index in [1.165, 1.54) is 10.6 Å². The lowest BCUT2D eigenvalue weighted by molar-refractivity contribution is -0.00545. The smallest absolute Gasteiger partial charge is 0.251 e. The molecule has 6 rings (SSSR count). The summed E-state index contributed by atoms with van der Waals surface area (Å²) in [7, 11) is -3.41. The maximum Gasteiger partial charge on any atom is 0.251 e. The number of carbonyl (C=O) groups is 1. The molecule has 0 aliphatic carbocycles. The van der Waals surface area contributed by atoms with Gasteiger partial charge in [-0.2, -0.15) is 0 Å². The van der Waals surface area contributed by atoms with E-state index in [9.17, 15) is 13.2 Å². The van der Waals surface area contributed by atoms with E-state index in [0.717, 1.165) is 46.8 Å². The van der Waals surface area contributed by atoms with Gasteiger partial charge in [-0.15, -0.1) is 0 Å². The van der Waals surface area contributed by atoms with Crippen LogP contribution in [0.5, 0.6) is 0 Å². The monoisotopic (exact) mass is 586 g/mol. The van der Waals surface area contributed by atoms with Gasteiger partial charge in [0.2, 0.25) is 10.0 Å². The minimum Gasteiger partial charge on any atom is -0.372 e. The molecule has 1 N–H and O–H groups in total. The van der Waals surface area contributed by atoms with E-state index in [0.29, 0.717) is 29.9 Å². The van der Waals surface area contributed by atoms with Gasteiger partial charge in [0.05, 0.1) is 52.8 Å². The number of fused-ring (bicyclic) bond motifs is 2. The topological polar surface area (TPSA) is 118 Å². The first kappa shape index (κ1) is 28.0. The second-order valence-corrected chi connectivity index (χ2v) is 13.1. The van der Waals surface area contributed by atoms with Crippen LogP contribution in [0.3, 0.4) is 0 Å². The van der Waals surface area contributed by atoms with Crippen molar-refractivity contribution in [3.63, 3.8) is 0 Å². The van der Waals surface area contributed by atoms with Crippen molar-refractivity contribution in [1.82, 2.24) is 20.3 Å². The van der Waals surface area contributed by atoms with Gasteiger partial charge < -0.3 is 15.0 Å². The number of carbonyl (C=O) groups excluding carboxylic acids is 1. The summed E-state index contributed by atoms with van der Waals surface area (Å²) in [6, 6.07) is 16.6. The number of sulfonamides is 1. The third-order valence-electron chi connectivity index (χ3n) is 7.73. The second-order valence-electron chi connectivity index (χ2n) is 11.2. The predicted octanol–water partition coefficient (Wildman–Crippen LogP) is 4.12. The number of aromatic nitrogens is 3. The first-order chi connectivity index (χ1) is 20.0. The number of nitrogens with zero attached hydrogens (tertiary/aromatic N) is 5. The molecule has 0 saturated carbocycles. The number of ether oxygens (including phenoxy) is 1. The molecule has 0 bridgehead atoms. The Morgan fingerprint density at radius 2 is 1.79 bits per heavy atom. The van der Waals surface area contributed by atoms with Crippen LogP contribution < -0.4 is 14.5 Å². The number of benzene rings is 1. The highest BCUT2D eigenvalue weighted by molar-refractivity contribution is 7.92. The van der Waals surface area contributed by atoms with Gasteiger partial charge in [-0.3, -0.25) is 14.1 Å². The van der Waals surface area contributed by atoms with Crippen LogP contribution in [-0.2, 0) is 21.2 Å². The van der Waals surface area contributed by atoms with Gasteiger partial charge in [-0.05, 0) is 75.2 Å². The van der Waals surface area contributed by atoms with E-state index in [2.05, 4.69) is 29.0 Å². The van der Waals surface area contributed by atoms with Gasteiger partial charge >= 0.3 is 0 Å². The molecule has 0 spiro atoms. The maximum absolute atomic E-state index is 13.1. The van der Waals surface area contributed by atoms with Crippen molar-refractivity contribution in [3.05, 3.63) is 77.6 Å². The van der Waals surface area contributed by atoms with Crippen LogP contribution in [0.2, 0.25) is 0 Å². The molecule has 1 fully saturated rings. The number of hydrogen-bond donors (Lipinski definition) is 1. The standard InChI is InChI=1S/C31H34N6O4S/c1-19-17-36(18-20(2)41-19)30-7-5-6-25(35-30)26-11-10-24-16-32-27(15-28(24)34-26)21(3)33-31(38)23-9-8-22-12-13-37(29(22)14-23)42(4,39)40/h5-11,14-16,19-21H,12-13,17-18H2,1-4H3,(H,33,38)/t19-,20+,21-/m1/s1. The Morgan fingerprint density at radius 1 is 1.02 bits per heavy atom. The molecular formula is C31H34N6O4S. The first-order valence-electron chi connectivity index (χ1n) is 14.1. The van der Waals surface area contributed by atoms with Crippen LogP contribution in [0.15, 0.2) is 60.8 Å². The van der Waals surface area contributed by atoms with Gasteiger partial charge in [0.1, 0.15) is 5.82 Å². The van der Waals surface area contributed by atoms with E-state index < -0.39 is 16.1 Å². The van der Waals surface area contributed by atoms with Crippen molar-refractivity contribution in [2.75, 3.05) is 35.1 Å². The van der Waals surface area contributed by atoms with Crippen molar-refractivity contribution in [3.8, 4) is 11.4 Å². The first-order valence-corrected chi connectivity index (χ1v) is 16.0. The van der Waals surface area contributed by atoms with Crippen LogP contribution in [0.25, 0.3) is 22.3 Å². The van der Waals surface area contributed by atoms with Crippen LogP contribution >= 0.6 is 0 Å². The predicted molar refractivity (Wildman–Crippen MR) is 163 cm³/mol. The molecule has 1 saturated heterocycles. The fourth-order valence-corrected chi connectivity index (χ4v) is 6.66. The van der Waals surface area contributed by atoms with E-state index in [1.54, 1.807) is 18.3 Å².